The molecular weight excluding hydrogens is 499 g/mol. The van der Waals surface area contributed by atoms with Crippen LogP contribution < -0.4 is 9.47 Å². The van der Waals surface area contributed by atoms with Gasteiger partial charge < -0.3 is 23.5 Å². The molecule has 0 amide bonds. The Bertz CT molecular complexity index is 1060. The predicted molar refractivity (Wildman–Crippen MR) is 144 cm³/mol. The summed E-state index contributed by atoms with van der Waals surface area (Å²) in [5, 5.41) is 0. The zero-order valence-electron chi connectivity index (χ0n) is 23.1. The molecule has 1 aliphatic heterocycles. The zero-order chi connectivity index (χ0) is 27.3. The van der Waals surface area contributed by atoms with Crippen LogP contribution in [-0.4, -0.2) is 59.3 Å². The third kappa shape index (κ3) is 7.95. The van der Waals surface area contributed by atoms with Gasteiger partial charge in [-0.15, -0.1) is 0 Å². The minimum atomic E-state index is -3.10. The molecule has 202 valence electrons. The Labute approximate surface area is 216 Å². The number of ether oxygens (including phenoxy) is 4. The number of cyclic esters (lactones) is 1. The van der Waals surface area contributed by atoms with Crippen molar-refractivity contribution < 1.29 is 37.6 Å². The van der Waals surface area contributed by atoms with Gasteiger partial charge in [0.2, 0.25) is 7.37 Å². The molecule has 10 heteroatoms. The smallest absolute Gasteiger partial charge is 0.342 e. The zero-order valence-corrected chi connectivity index (χ0v) is 25.0. The number of rotatable bonds is 13. The highest BCUT2D eigenvalue weighted by Gasteiger charge is 2.33. The van der Waals surface area contributed by atoms with E-state index in [0.29, 0.717) is 30.1 Å². The summed E-state index contributed by atoms with van der Waals surface area (Å²) in [5.41, 5.74) is 3.70. The lowest BCUT2D eigenvalue weighted by molar-refractivity contribution is -0.150. The van der Waals surface area contributed by atoms with E-state index in [9.17, 15) is 14.2 Å². The maximum atomic E-state index is 13.1. The summed E-state index contributed by atoms with van der Waals surface area (Å²) in [6, 6.07) is 0.941. The lowest BCUT2D eigenvalue weighted by Gasteiger charge is -2.22. The SMILES string of the molecule is CCOC(=O)[C@H](C)OP(C)(=O)C/C(C)=C/Cc1c(OC)c(C)c2c(c1OCC[Si](C)(C)C)C(=O)OC2. The number of esters is 2. The summed E-state index contributed by atoms with van der Waals surface area (Å²) in [5.74, 6) is 0.238. The van der Waals surface area contributed by atoms with Crippen LogP contribution >= 0.6 is 7.37 Å². The summed E-state index contributed by atoms with van der Waals surface area (Å²) < 4.78 is 40.9. The Morgan fingerprint density at radius 3 is 2.50 bits per heavy atom. The molecule has 1 heterocycles. The number of methoxy groups -OCH3 is 1. The van der Waals surface area contributed by atoms with Gasteiger partial charge in [-0.3, -0.25) is 4.57 Å². The maximum absolute atomic E-state index is 13.1. The van der Waals surface area contributed by atoms with Gasteiger partial charge in [0, 0.05) is 32.0 Å². The Morgan fingerprint density at radius 1 is 1.25 bits per heavy atom. The van der Waals surface area contributed by atoms with Crippen LogP contribution in [0.4, 0.5) is 0 Å². The summed E-state index contributed by atoms with van der Waals surface area (Å²) in [6.45, 7) is 16.3. The van der Waals surface area contributed by atoms with Crippen molar-refractivity contribution in [2.24, 2.45) is 0 Å². The van der Waals surface area contributed by atoms with Crippen LogP contribution in [0.2, 0.25) is 25.7 Å². The van der Waals surface area contributed by atoms with Gasteiger partial charge in [0.15, 0.2) is 6.10 Å². The Kier molecular flexibility index (Phi) is 10.4. The molecular formula is C26H41O8PSi. The number of carbonyl (C=O) groups excluding carboxylic acids is 2. The fourth-order valence-corrected chi connectivity index (χ4v) is 6.68. The molecule has 8 nitrogen and oxygen atoms in total. The van der Waals surface area contributed by atoms with Crippen LogP contribution in [0.15, 0.2) is 11.6 Å². The molecule has 1 unspecified atom stereocenters. The van der Waals surface area contributed by atoms with Gasteiger partial charge in [-0.2, -0.15) is 0 Å². The van der Waals surface area contributed by atoms with Gasteiger partial charge in [-0.1, -0.05) is 31.3 Å². The second-order valence-electron chi connectivity index (χ2n) is 10.5. The normalized spacial score (nSPS) is 16.1. The number of hydrogen-bond acceptors (Lipinski definition) is 8. The molecule has 0 aromatic heterocycles. The van der Waals surface area contributed by atoms with E-state index in [1.807, 2.05) is 19.9 Å². The van der Waals surface area contributed by atoms with E-state index in [4.69, 9.17) is 23.5 Å². The summed E-state index contributed by atoms with van der Waals surface area (Å²) in [6.07, 6.45) is 1.61. The molecule has 0 bridgehead atoms. The number of carbonyl (C=O) groups is 2. The molecule has 1 aromatic rings. The summed E-state index contributed by atoms with van der Waals surface area (Å²) >= 11 is 0. The van der Waals surface area contributed by atoms with Crippen molar-refractivity contribution in [2.75, 3.05) is 33.2 Å². The van der Waals surface area contributed by atoms with E-state index in [1.165, 1.54) is 13.6 Å². The summed E-state index contributed by atoms with van der Waals surface area (Å²) in [4.78, 5) is 24.5. The first kappa shape index (κ1) is 30.1. The van der Waals surface area contributed by atoms with Crippen LogP contribution in [0.25, 0.3) is 0 Å². The number of hydrogen-bond donors (Lipinski definition) is 0. The van der Waals surface area contributed by atoms with Crippen molar-refractivity contribution in [1.29, 1.82) is 0 Å². The molecule has 0 aliphatic carbocycles. The van der Waals surface area contributed by atoms with E-state index in [-0.39, 0.29) is 25.3 Å². The highest BCUT2D eigenvalue weighted by atomic mass is 31.2. The first-order valence-corrected chi connectivity index (χ1v) is 18.3. The van der Waals surface area contributed by atoms with Gasteiger partial charge >= 0.3 is 11.9 Å². The lowest BCUT2D eigenvalue weighted by atomic mass is 9.95. The number of fused-ring (bicyclic) bond motifs is 1. The molecule has 0 spiro atoms. The fraction of sp³-hybridized carbons (Fsp3) is 0.615. The molecule has 0 saturated carbocycles. The Hall–Kier alpha value is -2.09. The predicted octanol–water partition coefficient (Wildman–Crippen LogP) is 5.76. The van der Waals surface area contributed by atoms with Gasteiger partial charge in [0.25, 0.3) is 0 Å². The number of allylic oxidation sites excluding steroid dienone is 2. The molecule has 0 N–H and O–H groups in total. The van der Waals surface area contributed by atoms with Crippen molar-refractivity contribution in [3.63, 3.8) is 0 Å². The largest absolute Gasteiger partial charge is 0.496 e. The third-order valence-corrected chi connectivity index (χ3v) is 9.45. The van der Waals surface area contributed by atoms with Crippen molar-refractivity contribution in [2.45, 2.75) is 72.5 Å². The van der Waals surface area contributed by atoms with Gasteiger partial charge in [0.1, 0.15) is 23.7 Å². The topological polar surface area (TPSA) is 97.4 Å². The standard InChI is InChI=1S/C26H41O8PSi/c1-10-31-25(27)19(4)34-35(6,29)16-17(2)11-12-20-23(30-5)18(3)21-15-33-26(28)22(21)24(20)32-13-14-36(7,8)9/h11,19H,10,12-16H2,1-9H3/b17-11+/t19-,35?/m0/s1. The van der Waals surface area contributed by atoms with Crippen LogP contribution in [0.3, 0.4) is 0 Å². The maximum Gasteiger partial charge on any atom is 0.342 e. The quantitative estimate of drug-likeness (QED) is 0.135. The van der Waals surface area contributed by atoms with Gasteiger partial charge in [0.05, 0.1) is 20.3 Å². The van der Waals surface area contributed by atoms with Crippen molar-refractivity contribution in [1.82, 2.24) is 0 Å². The number of benzene rings is 1. The molecule has 36 heavy (non-hydrogen) atoms. The van der Waals surface area contributed by atoms with Gasteiger partial charge in [-0.05, 0) is 45.7 Å². The van der Waals surface area contributed by atoms with Crippen LogP contribution in [0.1, 0.15) is 47.8 Å². The first-order valence-electron chi connectivity index (χ1n) is 12.3. The molecule has 1 aromatic carbocycles. The average molecular weight is 541 g/mol. The van der Waals surface area contributed by atoms with Crippen LogP contribution in [0.5, 0.6) is 11.5 Å². The van der Waals surface area contributed by atoms with E-state index in [0.717, 1.165) is 28.3 Å². The Morgan fingerprint density at radius 2 is 1.92 bits per heavy atom. The van der Waals surface area contributed by atoms with Crippen LogP contribution in [0, 0.1) is 6.92 Å². The monoisotopic (exact) mass is 540 g/mol. The molecule has 0 radical (unpaired) electrons. The fourth-order valence-electron chi connectivity index (χ4n) is 4.10. The van der Waals surface area contributed by atoms with Crippen LogP contribution in [-0.2, 0) is 36.4 Å². The second-order valence-corrected chi connectivity index (χ2v) is 18.7. The molecule has 0 fully saturated rings. The molecule has 1 aliphatic rings. The third-order valence-electron chi connectivity index (χ3n) is 5.92. The molecule has 0 saturated heterocycles. The van der Waals surface area contributed by atoms with Crippen molar-refractivity contribution in [3.8, 4) is 11.5 Å². The molecule has 2 rings (SSSR count). The lowest BCUT2D eigenvalue weighted by Crippen LogP contribution is -2.23. The van der Waals surface area contributed by atoms with Crippen molar-refractivity contribution in [3.05, 3.63) is 33.9 Å². The van der Waals surface area contributed by atoms with E-state index in [2.05, 4.69) is 19.6 Å². The van der Waals surface area contributed by atoms with Gasteiger partial charge in [-0.25, -0.2) is 9.59 Å². The van der Waals surface area contributed by atoms with E-state index < -0.39 is 27.5 Å². The van der Waals surface area contributed by atoms with Crippen molar-refractivity contribution >= 4 is 27.4 Å². The first-order chi connectivity index (χ1) is 16.7. The highest BCUT2D eigenvalue weighted by Crippen LogP contribution is 2.46. The molecule has 2 atom stereocenters. The average Bonchev–Trinajstić information content (AvgIpc) is 3.14. The summed E-state index contributed by atoms with van der Waals surface area (Å²) in [7, 11) is -2.86. The van der Waals surface area contributed by atoms with E-state index >= 15 is 0 Å². The highest BCUT2D eigenvalue weighted by molar-refractivity contribution is 7.58. The minimum absolute atomic E-state index is 0.177. The van der Waals surface area contributed by atoms with E-state index in [1.54, 1.807) is 14.0 Å². The Balaban J connectivity index is 2.34. The minimum Gasteiger partial charge on any atom is -0.496 e. The second kappa shape index (κ2) is 12.4.